The number of pyridine rings is 1. The van der Waals surface area contributed by atoms with Crippen LogP contribution in [0.25, 0.3) is 0 Å². The average Bonchev–Trinajstić information content (AvgIpc) is 3.56. The minimum absolute atomic E-state index is 0.162. The van der Waals surface area contributed by atoms with E-state index in [1.165, 1.54) is 54.6 Å². The summed E-state index contributed by atoms with van der Waals surface area (Å²) >= 11 is 0. The van der Waals surface area contributed by atoms with Crippen molar-refractivity contribution in [1.29, 1.82) is 0 Å². The lowest BCUT2D eigenvalue weighted by molar-refractivity contribution is 0.0205. The number of ether oxygens (including phenoxy) is 1. The monoisotopic (exact) mass is 418 g/mol. The van der Waals surface area contributed by atoms with E-state index in [1.807, 2.05) is 6.20 Å². The number of nitrogens with one attached hydrogen (secondary N) is 1. The summed E-state index contributed by atoms with van der Waals surface area (Å²) in [6.45, 7) is 4.97. The number of likely N-dealkylation sites (N-methyl/N-ethyl adjacent to an activating group) is 1. The first-order valence-electron chi connectivity index (χ1n) is 12.1. The molecule has 3 heterocycles. The SMILES string of the molecule is CN(C[C@H]1Cc2c(cccc2N2CCOC3(CC3)C2)CN1)[C@H]1CCCc2cccnc21. The summed E-state index contributed by atoms with van der Waals surface area (Å²) in [5.41, 5.74) is 7.38. The van der Waals surface area contributed by atoms with Gasteiger partial charge in [0.05, 0.1) is 23.9 Å². The summed E-state index contributed by atoms with van der Waals surface area (Å²) in [5, 5.41) is 3.82. The van der Waals surface area contributed by atoms with E-state index < -0.39 is 0 Å². The summed E-state index contributed by atoms with van der Waals surface area (Å²) in [6, 6.07) is 12.1. The number of fused-ring (bicyclic) bond motifs is 2. The number of benzene rings is 1. The van der Waals surface area contributed by atoms with Gasteiger partial charge in [0.25, 0.3) is 0 Å². The van der Waals surface area contributed by atoms with Crippen molar-refractivity contribution in [2.45, 2.75) is 62.8 Å². The lowest BCUT2D eigenvalue weighted by Crippen LogP contribution is -2.47. The predicted molar refractivity (Wildman–Crippen MR) is 123 cm³/mol. The van der Waals surface area contributed by atoms with E-state index in [4.69, 9.17) is 9.72 Å². The van der Waals surface area contributed by atoms with Crippen molar-refractivity contribution in [3.05, 3.63) is 58.9 Å². The zero-order chi connectivity index (χ0) is 20.8. The van der Waals surface area contributed by atoms with Gasteiger partial charge in [0.2, 0.25) is 0 Å². The lowest BCUT2D eigenvalue weighted by Gasteiger charge is -2.39. The molecule has 0 bridgehead atoms. The molecule has 2 aromatic rings. The molecule has 164 valence electrons. The van der Waals surface area contributed by atoms with Crippen molar-refractivity contribution >= 4 is 5.69 Å². The van der Waals surface area contributed by atoms with Crippen molar-refractivity contribution in [2.24, 2.45) is 0 Å². The Kier molecular flexibility index (Phi) is 5.01. The van der Waals surface area contributed by atoms with Gasteiger partial charge in [0.1, 0.15) is 0 Å². The molecule has 1 aromatic carbocycles. The molecular formula is C26H34N4O. The van der Waals surface area contributed by atoms with Crippen molar-refractivity contribution in [2.75, 3.05) is 38.2 Å². The zero-order valence-corrected chi connectivity index (χ0v) is 18.6. The van der Waals surface area contributed by atoms with Gasteiger partial charge in [0.15, 0.2) is 0 Å². The van der Waals surface area contributed by atoms with Crippen LogP contribution in [-0.4, -0.2) is 54.8 Å². The standard InChI is InChI=1S/C26H34N4O/c1-29(24-9-2-5-19-7-4-12-27-25(19)24)17-21-15-22-20(16-28-21)6-3-8-23(22)30-13-14-31-26(18-30)10-11-26/h3-4,6-8,12,21,24,28H,2,5,9-11,13-18H2,1H3/t21-,24+/m1/s1. The Morgan fingerprint density at radius 3 is 3.03 bits per heavy atom. The van der Waals surface area contributed by atoms with Gasteiger partial charge < -0.3 is 15.0 Å². The Morgan fingerprint density at radius 1 is 1.23 bits per heavy atom. The first-order valence-corrected chi connectivity index (χ1v) is 12.1. The Labute approximate surface area is 185 Å². The highest BCUT2D eigenvalue weighted by molar-refractivity contribution is 5.59. The van der Waals surface area contributed by atoms with Crippen LogP contribution in [0.15, 0.2) is 36.5 Å². The highest BCUT2D eigenvalue weighted by Gasteiger charge is 2.47. The molecule has 0 amide bonds. The number of rotatable bonds is 4. The normalized spacial score (nSPS) is 26.6. The van der Waals surface area contributed by atoms with Gasteiger partial charge >= 0.3 is 0 Å². The molecule has 2 fully saturated rings. The topological polar surface area (TPSA) is 40.6 Å². The van der Waals surface area contributed by atoms with Crippen LogP contribution in [-0.2, 0) is 24.1 Å². The highest BCUT2D eigenvalue weighted by Crippen LogP contribution is 2.44. The molecule has 1 spiro atoms. The third-order valence-corrected chi connectivity index (χ3v) is 7.88. The second-order valence-corrected chi connectivity index (χ2v) is 10.0. The van der Waals surface area contributed by atoms with Gasteiger partial charge in [-0.15, -0.1) is 0 Å². The van der Waals surface area contributed by atoms with Crippen molar-refractivity contribution in [1.82, 2.24) is 15.2 Å². The van der Waals surface area contributed by atoms with Crippen LogP contribution in [0.1, 0.15) is 54.1 Å². The Balaban J connectivity index is 1.19. The molecule has 0 radical (unpaired) electrons. The number of hydrogen-bond acceptors (Lipinski definition) is 5. The molecular weight excluding hydrogens is 384 g/mol. The van der Waals surface area contributed by atoms with Gasteiger partial charge in [-0.2, -0.15) is 0 Å². The quantitative estimate of drug-likeness (QED) is 0.823. The molecule has 1 N–H and O–H groups in total. The minimum atomic E-state index is 0.162. The molecule has 1 saturated heterocycles. The van der Waals surface area contributed by atoms with Crippen LogP contribution >= 0.6 is 0 Å². The number of hydrogen-bond donors (Lipinski definition) is 1. The molecule has 1 aromatic heterocycles. The Bertz CT molecular complexity index is 956. The summed E-state index contributed by atoms with van der Waals surface area (Å²) in [5.74, 6) is 0. The van der Waals surface area contributed by atoms with Crippen LogP contribution in [0, 0.1) is 0 Å². The number of aromatic nitrogens is 1. The Hall–Kier alpha value is -1.95. The number of anilines is 1. The maximum absolute atomic E-state index is 6.08. The molecule has 2 atom stereocenters. The predicted octanol–water partition coefficient (Wildman–Crippen LogP) is 3.47. The first kappa shape index (κ1) is 19.7. The van der Waals surface area contributed by atoms with E-state index in [9.17, 15) is 0 Å². The van der Waals surface area contributed by atoms with Crippen LogP contribution in [0.2, 0.25) is 0 Å². The van der Waals surface area contributed by atoms with Crippen LogP contribution < -0.4 is 10.2 Å². The molecule has 4 aliphatic rings. The third kappa shape index (κ3) is 3.77. The van der Waals surface area contributed by atoms with E-state index >= 15 is 0 Å². The molecule has 31 heavy (non-hydrogen) atoms. The van der Waals surface area contributed by atoms with Crippen molar-refractivity contribution in [3.8, 4) is 0 Å². The Morgan fingerprint density at radius 2 is 2.13 bits per heavy atom. The van der Waals surface area contributed by atoms with E-state index in [-0.39, 0.29) is 5.60 Å². The fourth-order valence-corrected chi connectivity index (χ4v) is 6.00. The number of nitrogens with zero attached hydrogens (tertiary/aromatic N) is 3. The summed E-state index contributed by atoms with van der Waals surface area (Å²) in [6.07, 6.45) is 9.16. The van der Waals surface area contributed by atoms with Gasteiger partial charge in [0, 0.05) is 44.1 Å². The molecule has 2 aliphatic carbocycles. The van der Waals surface area contributed by atoms with Gasteiger partial charge in [-0.25, -0.2) is 0 Å². The van der Waals surface area contributed by atoms with E-state index in [0.29, 0.717) is 12.1 Å². The number of aryl methyl sites for hydroxylation is 1. The molecule has 6 rings (SSSR count). The van der Waals surface area contributed by atoms with Crippen LogP contribution in [0.5, 0.6) is 0 Å². The van der Waals surface area contributed by atoms with E-state index in [1.54, 1.807) is 5.56 Å². The summed E-state index contributed by atoms with van der Waals surface area (Å²) in [7, 11) is 2.29. The highest BCUT2D eigenvalue weighted by atomic mass is 16.5. The zero-order valence-electron chi connectivity index (χ0n) is 18.6. The van der Waals surface area contributed by atoms with E-state index in [0.717, 1.165) is 39.2 Å². The van der Waals surface area contributed by atoms with E-state index in [2.05, 4.69) is 52.5 Å². The summed E-state index contributed by atoms with van der Waals surface area (Å²) in [4.78, 5) is 9.91. The first-order chi connectivity index (χ1) is 15.2. The second kappa shape index (κ2) is 7.88. The average molecular weight is 419 g/mol. The fourth-order valence-electron chi connectivity index (χ4n) is 6.00. The molecule has 5 nitrogen and oxygen atoms in total. The number of morpholine rings is 1. The smallest absolute Gasteiger partial charge is 0.0859 e. The van der Waals surface area contributed by atoms with Gasteiger partial charge in [-0.1, -0.05) is 18.2 Å². The molecule has 5 heteroatoms. The van der Waals surface area contributed by atoms with Gasteiger partial charge in [-0.3, -0.25) is 9.88 Å². The van der Waals surface area contributed by atoms with Crippen LogP contribution in [0.3, 0.4) is 0 Å². The van der Waals surface area contributed by atoms with Crippen molar-refractivity contribution < 1.29 is 4.74 Å². The minimum Gasteiger partial charge on any atom is -0.371 e. The van der Waals surface area contributed by atoms with Crippen LogP contribution in [0.4, 0.5) is 5.69 Å². The third-order valence-electron chi connectivity index (χ3n) is 7.88. The largest absolute Gasteiger partial charge is 0.371 e. The summed E-state index contributed by atoms with van der Waals surface area (Å²) < 4.78 is 6.08. The second-order valence-electron chi connectivity index (χ2n) is 10.0. The van der Waals surface area contributed by atoms with Gasteiger partial charge in [-0.05, 0) is 74.4 Å². The molecule has 2 aliphatic heterocycles. The maximum atomic E-state index is 6.08. The maximum Gasteiger partial charge on any atom is 0.0859 e. The molecule has 0 unspecified atom stereocenters. The lowest BCUT2D eigenvalue weighted by atomic mass is 9.89. The molecule has 1 saturated carbocycles. The van der Waals surface area contributed by atoms with Crippen molar-refractivity contribution in [3.63, 3.8) is 0 Å². The fraction of sp³-hybridized carbons (Fsp3) is 0.577.